The molecule has 3 rings (SSSR count). The highest BCUT2D eigenvalue weighted by Gasteiger charge is 2.23. The standard InChI is InChI=1S/C17H17N5O4S/c1-11(23)19-13-5-9-15(10-6-13)27(24,25)22-17(18)20-16(21-22)12-3-7-14(26-2)8-4-12/h3-10H,1-2H3,(H,19,23)(H2,18,20,21). The zero-order valence-electron chi connectivity index (χ0n) is 14.6. The zero-order chi connectivity index (χ0) is 19.6. The van der Waals surface area contributed by atoms with Crippen molar-refractivity contribution in [3.05, 3.63) is 48.5 Å². The topological polar surface area (TPSA) is 129 Å². The van der Waals surface area contributed by atoms with Gasteiger partial charge in [-0.15, -0.1) is 9.19 Å². The summed E-state index contributed by atoms with van der Waals surface area (Å²) in [5, 5.41) is 6.60. The third-order valence-corrected chi connectivity index (χ3v) is 5.24. The molecule has 3 aromatic rings. The number of carbonyl (C=O) groups excluding carboxylic acids is 1. The molecule has 0 saturated carbocycles. The number of ether oxygens (including phenoxy) is 1. The van der Waals surface area contributed by atoms with Gasteiger partial charge in [0.15, 0.2) is 5.82 Å². The summed E-state index contributed by atoms with van der Waals surface area (Å²) in [6, 6.07) is 12.5. The monoisotopic (exact) mass is 387 g/mol. The van der Waals surface area contributed by atoms with Crippen molar-refractivity contribution in [1.29, 1.82) is 0 Å². The highest BCUT2D eigenvalue weighted by molar-refractivity contribution is 7.90. The number of benzene rings is 2. The van der Waals surface area contributed by atoms with E-state index < -0.39 is 10.0 Å². The fourth-order valence-corrected chi connectivity index (χ4v) is 3.52. The molecule has 3 N–H and O–H groups in total. The molecule has 1 heterocycles. The minimum atomic E-state index is -4.03. The van der Waals surface area contributed by atoms with E-state index in [0.717, 1.165) is 0 Å². The molecule has 1 aromatic heterocycles. The fraction of sp³-hybridized carbons (Fsp3) is 0.118. The lowest BCUT2D eigenvalue weighted by atomic mass is 10.2. The van der Waals surface area contributed by atoms with E-state index in [1.807, 2.05) is 0 Å². The highest BCUT2D eigenvalue weighted by atomic mass is 32.2. The van der Waals surface area contributed by atoms with E-state index in [-0.39, 0.29) is 22.6 Å². The summed E-state index contributed by atoms with van der Waals surface area (Å²) >= 11 is 0. The lowest BCUT2D eigenvalue weighted by molar-refractivity contribution is -0.114. The second-order valence-electron chi connectivity index (χ2n) is 5.58. The molecule has 0 fully saturated rings. The van der Waals surface area contributed by atoms with Gasteiger partial charge in [0.25, 0.3) is 10.0 Å². The van der Waals surface area contributed by atoms with Gasteiger partial charge in [-0.3, -0.25) is 4.79 Å². The van der Waals surface area contributed by atoms with Gasteiger partial charge in [0.05, 0.1) is 12.0 Å². The third-order valence-electron chi connectivity index (χ3n) is 3.65. The number of nitrogens with zero attached hydrogens (tertiary/aromatic N) is 3. The van der Waals surface area contributed by atoms with Crippen LogP contribution in [0.2, 0.25) is 0 Å². The van der Waals surface area contributed by atoms with Crippen LogP contribution in [0.4, 0.5) is 11.6 Å². The van der Waals surface area contributed by atoms with Gasteiger partial charge in [-0.05, 0) is 48.5 Å². The Morgan fingerprint density at radius 2 is 1.74 bits per heavy atom. The molecule has 0 aliphatic heterocycles. The number of methoxy groups -OCH3 is 1. The fourth-order valence-electron chi connectivity index (χ4n) is 2.36. The summed E-state index contributed by atoms with van der Waals surface area (Å²) in [5.74, 6) is 0.314. The Morgan fingerprint density at radius 1 is 1.11 bits per heavy atom. The maximum Gasteiger partial charge on any atom is 0.286 e. The average molecular weight is 387 g/mol. The SMILES string of the molecule is COc1ccc(-c2nc(N)n(S(=O)(=O)c3ccc(NC(C)=O)cc3)n2)cc1. The predicted octanol–water partition coefficient (Wildman–Crippen LogP) is 1.73. The van der Waals surface area contributed by atoms with E-state index >= 15 is 0 Å². The molecule has 1 amide bonds. The number of nitrogens with one attached hydrogen (secondary N) is 1. The number of hydrogen-bond acceptors (Lipinski definition) is 7. The Kier molecular flexibility index (Phi) is 4.82. The first-order valence-electron chi connectivity index (χ1n) is 7.81. The van der Waals surface area contributed by atoms with Crippen molar-refractivity contribution in [3.8, 4) is 17.1 Å². The number of nitrogens with two attached hydrogens (primary N) is 1. The lowest BCUT2D eigenvalue weighted by Crippen LogP contribution is -2.17. The number of rotatable bonds is 5. The molecule has 0 atom stereocenters. The third kappa shape index (κ3) is 3.75. The number of hydrogen-bond donors (Lipinski definition) is 2. The van der Waals surface area contributed by atoms with Crippen molar-refractivity contribution in [2.75, 3.05) is 18.2 Å². The van der Waals surface area contributed by atoms with Crippen LogP contribution < -0.4 is 15.8 Å². The van der Waals surface area contributed by atoms with Crippen molar-refractivity contribution < 1.29 is 17.9 Å². The maximum absolute atomic E-state index is 12.8. The number of aromatic nitrogens is 3. The summed E-state index contributed by atoms with van der Waals surface area (Å²) in [5.41, 5.74) is 6.86. The maximum atomic E-state index is 12.8. The van der Waals surface area contributed by atoms with Gasteiger partial charge in [-0.2, -0.15) is 13.4 Å². The predicted molar refractivity (Wildman–Crippen MR) is 99.8 cm³/mol. The number of nitrogen functional groups attached to an aromatic ring is 1. The normalized spacial score (nSPS) is 11.2. The van der Waals surface area contributed by atoms with Gasteiger partial charge < -0.3 is 15.8 Å². The van der Waals surface area contributed by atoms with E-state index in [4.69, 9.17) is 10.5 Å². The Balaban J connectivity index is 1.95. The van der Waals surface area contributed by atoms with Gasteiger partial charge in [0.1, 0.15) is 5.75 Å². The molecule has 27 heavy (non-hydrogen) atoms. The van der Waals surface area contributed by atoms with E-state index in [1.165, 1.54) is 31.2 Å². The number of amides is 1. The van der Waals surface area contributed by atoms with E-state index in [0.29, 0.717) is 21.1 Å². The minimum absolute atomic E-state index is 0.0329. The van der Waals surface area contributed by atoms with Crippen molar-refractivity contribution in [2.45, 2.75) is 11.8 Å². The second kappa shape index (κ2) is 7.08. The molecular formula is C17H17N5O4S. The van der Waals surface area contributed by atoms with Crippen LogP contribution in [0.1, 0.15) is 6.92 Å². The molecule has 0 aliphatic rings. The van der Waals surface area contributed by atoms with E-state index in [1.54, 1.807) is 31.4 Å². The van der Waals surface area contributed by atoms with Crippen molar-refractivity contribution >= 4 is 27.6 Å². The Labute approximate surface area is 155 Å². The van der Waals surface area contributed by atoms with Crippen LogP contribution in [0.5, 0.6) is 5.75 Å². The van der Waals surface area contributed by atoms with Gasteiger partial charge in [-0.25, -0.2) is 0 Å². The van der Waals surface area contributed by atoms with Crippen LogP contribution in [0.3, 0.4) is 0 Å². The highest BCUT2D eigenvalue weighted by Crippen LogP contribution is 2.23. The van der Waals surface area contributed by atoms with Crippen molar-refractivity contribution in [2.24, 2.45) is 0 Å². The molecule has 10 heteroatoms. The summed E-state index contributed by atoms with van der Waals surface area (Å²) < 4.78 is 31.4. The van der Waals surface area contributed by atoms with Gasteiger partial charge in [0, 0.05) is 18.2 Å². The van der Waals surface area contributed by atoms with Crippen molar-refractivity contribution in [1.82, 2.24) is 14.2 Å². The van der Waals surface area contributed by atoms with Crippen LogP contribution in [0.25, 0.3) is 11.4 Å². The quantitative estimate of drug-likeness (QED) is 0.682. The van der Waals surface area contributed by atoms with Crippen molar-refractivity contribution in [3.63, 3.8) is 0 Å². The Bertz CT molecular complexity index is 1070. The van der Waals surface area contributed by atoms with Crippen LogP contribution in [-0.2, 0) is 14.8 Å². The zero-order valence-corrected chi connectivity index (χ0v) is 15.4. The first-order valence-corrected chi connectivity index (χ1v) is 9.25. The molecule has 0 unspecified atom stereocenters. The molecule has 0 saturated heterocycles. The van der Waals surface area contributed by atoms with Gasteiger partial charge in [0.2, 0.25) is 11.9 Å². The van der Waals surface area contributed by atoms with Crippen LogP contribution in [0.15, 0.2) is 53.4 Å². The van der Waals surface area contributed by atoms with Crippen LogP contribution in [0, 0.1) is 0 Å². The number of carbonyl (C=O) groups is 1. The molecule has 0 spiro atoms. The summed E-state index contributed by atoms with van der Waals surface area (Å²) in [7, 11) is -2.49. The van der Waals surface area contributed by atoms with Crippen LogP contribution in [-0.4, -0.2) is 35.6 Å². The number of anilines is 2. The molecule has 0 radical (unpaired) electrons. The van der Waals surface area contributed by atoms with E-state index in [2.05, 4.69) is 15.4 Å². The molecule has 140 valence electrons. The summed E-state index contributed by atoms with van der Waals surface area (Å²) in [6.07, 6.45) is 0. The Morgan fingerprint density at radius 3 is 2.30 bits per heavy atom. The van der Waals surface area contributed by atoms with Gasteiger partial charge in [-0.1, -0.05) is 0 Å². The molecule has 0 bridgehead atoms. The minimum Gasteiger partial charge on any atom is -0.497 e. The van der Waals surface area contributed by atoms with Crippen LogP contribution >= 0.6 is 0 Å². The molecule has 0 aliphatic carbocycles. The smallest absolute Gasteiger partial charge is 0.286 e. The second-order valence-corrected chi connectivity index (χ2v) is 7.34. The first kappa shape index (κ1) is 18.4. The summed E-state index contributed by atoms with van der Waals surface area (Å²) in [6.45, 7) is 1.36. The molecule has 9 nitrogen and oxygen atoms in total. The summed E-state index contributed by atoms with van der Waals surface area (Å²) in [4.78, 5) is 15.1. The molecular weight excluding hydrogens is 370 g/mol. The lowest BCUT2D eigenvalue weighted by Gasteiger charge is -2.06. The van der Waals surface area contributed by atoms with E-state index in [9.17, 15) is 13.2 Å². The average Bonchev–Trinajstić information content (AvgIpc) is 3.04. The Hall–Kier alpha value is -3.40. The first-order chi connectivity index (χ1) is 12.8. The van der Waals surface area contributed by atoms with Gasteiger partial charge >= 0.3 is 0 Å². The molecule has 2 aromatic carbocycles. The largest absolute Gasteiger partial charge is 0.497 e.